The molecule has 1 unspecified atom stereocenters. The number of sulfone groups is 1. The Morgan fingerprint density at radius 1 is 1.22 bits per heavy atom. The van der Waals surface area contributed by atoms with E-state index in [1.165, 1.54) is 6.26 Å². The molecule has 0 saturated carbocycles. The normalized spacial score (nSPS) is 13.8. The van der Waals surface area contributed by atoms with Gasteiger partial charge in [0.05, 0.1) is 20.0 Å². The Bertz CT molecular complexity index is 745. The second-order valence-corrected chi connectivity index (χ2v) is 9.60. The number of ether oxygens (including phenoxy) is 2. The van der Waals surface area contributed by atoms with Crippen molar-refractivity contribution < 1.29 is 17.9 Å². The lowest BCUT2D eigenvalue weighted by Gasteiger charge is -2.28. The maximum atomic E-state index is 11.3. The maximum Gasteiger partial charge on any atom is 0.191 e. The highest BCUT2D eigenvalue weighted by molar-refractivity contribution is 7.90. The molecule has 154 valence electrons. The maximum absolute atomic E-state index is 11.3. The fraction of sp³-hybridized carbons (Fsp3) is 0.632. The number of benzene rings is 1. The van der Waals surface area contributed by atoms with Crippen molar-refractivity contribution in [2.45, 2.75) is 38.6 Å². The van der Waals surface area contributed by atoms with E-state index in [2.05, 4.69) is 29.5 Å². The van der Waals surface area contributed by atoms with Crippen molar-refractivity contribution in [2.24, 2.45) is 4.99 Å². The molecule has 0 aromatic heterocycles. The van der Waals surface area contributed by atoms with Crippen LogP contribution in [-0.2, 0) is 15.3 Å². The third-order valence-electron chi connectivity index (χ3n) is 4.39. The van der Waals surface area contributed by atoms with Crippen LogP contribution in [0.1, 0.15) is 32.8 Å². The van der Waals surface area contributed by atoms with Gasteiger partial charge in [-0.25, -0.2) is 8.42 Å². The molecule has 0 saturated heterocycles. The quantitative estimate of drug-likeness (QED) is 0.487. The second kappa shape index (κ2) is 9.82. The van der Waals surface area contributed by atoms with E-state index in [1.807, 2.05) is 25.1 Å². The van der Waals surface area contributed by atoms with Crippen LogP contribution >= 0.6 is 0 Å². The van der Waals surface area contributed by atoms with Crippen LogP contribution in [-0.4, -0.2) is 60.2 Å². The largest absolute Gasteiger partial charge is 0.493 e. The van der Waals surface area contributed by atoms with E-state index in [1.54, 1.807) is 21.3 Å². The third kappa shape index (κ3) is 7.66. The first-order valence-corrected chi connectivity index (χ1v) is 11.0. The summed E-state index contributed by atoms with van der Waals surface area (Å²) in [5, 5.41) is 6.55. The Labute approximate surface area is 163 Å². The first kappa shape index (κ1) is 23.1. The van der Waals surface area contributed by atoms with Crippen molar-refractivity contribution in [1.29, 1.82) is 0 Å². The summed E-state index contributed by atoms with van der Waals surface area (Å²) in [6.07, 6.45) is 1.77. The fourth-order valence-electron chi connectivity index (χ4n) is 2.55. The van der Waals surface area contributed by atoms with Crippen molar-refractivity contribution in [1.82, 2.24) is 10.6 Å². The predicted molar refractivity (Wildman–Crippen MR) is 111 cm³/mol. The molecule has 8 heteroatoms. The average molecular weight is 400 g/mol. The van der Waals surface area contributed by atoms with Gasteiger partial charge in [0.1, 0.15) is 9.84 Å². The van der Waals surface area contributed by atoms with E-state index in [0.717, 1.165) is 5.56 Å². The highest BCUT2D eigenvalue weighted by atomic mass is 32.2. The number of nitrogens with one attached hydrogen (secondary N) is 2. The van der Waals surface area contributed by atoms with Crippen molar-refractivity contribution in [3.63, 3.8) is 0 Å². The zero-order valence-electron chi connectivity index (χ0n) is 17.4. The third-order valence-corrected chi connectivity index (χ3v) is 5.37. The molecule has 1 rings (SSSR count). The molecule has 0 fully saturated rings. The summed E-state index contributed by atoms with van der Waals surface area (Å²) in [7, 11) is 1.97. The first-order chi connectivity index (χ1) is 12.5. The Morgan fingerprint density at radius 3 is 2.37 bits per heavy atom. The molecule has 0 aliphatic rings. The summed E-state index contributed by atoms with van der Waals surface area (Å²) >= 11 is 0. The van der Waals surface area contributed by atoms with E-state index in [9.17, 15) is 8.42 Å². The minimum absolute atomic E-state index is 0.00452. The molecule has 0 spiro atoms. The standard InChI is InChI=1S/C19H33N3O4S/c1-14(10-11-27(7,23)24)22-18(20-4)21-13-19(2,3)15-8-9-16(25-5)17(12-15)26-6/h8-9,12,14H,10-11,13H2,1-7H3,(H2,20,21,22). The molecule has 0 heterocycles. The van der Waals surface area contributed by atoms with Gasteiger partial charge in [0.2, 0.25) is 0 Å². The van der Waals surface area contributed by atoms with E-state index in [-0.39, 0.29) is 17.2 Å². The summed E-state index contributed by atoms with van der Waals surface area (Å²) in [5.74, 6) is 2.18. The molecule has 7 nitrogen and oxygen atoms in total. The van der Waals surface area contributed by atoms with Gasteiger partial charge in [-0.3, -0.25) is 4.99 Å². The molecule has 0 amide bonds. The van der Waals surface area contributed by atoms with Crippen molar-refractivity contribution >= 4 is 15.8 Å². The lowest BCUT2D eigenvalue weighted by Crippen LogP contribution is -2.46. The smallest absolute Gasteiger partial charge is 0.191 e. The molecule has 0 aliphatic heterocycles. The van der Waals surface area contributed by atoms with Crippen LogP contribution in [0.4, 0.5) is 0 Å². The minimum Gasteiger partial charge on any atom is -0.493 e. The summed E-state index contributed by atoms with van der Waals surface area (Å²) in [4.78, 5) is 4.23. The molecule has 2 N–H and O–H groups in total. The number of aliphatic imine (C=N–C) groups is 1. The molecule has 27 heavy (non-hydrogen) atoms. The van der Waals surface area contributed by atoms with Gasteiger partial charge in [-0.1, -0.05) is 19.9 Å². The monoisotopic (exact) mass is 399 g/mol. The van der Waals surface area contributed by atoms with E-state index >= 15 is 0 Å². The van der Waals surface area contributed by atoms with Crippen LogP contribution in [0.2, 0.25) is 0 Å². The van der Waals surface area contributed by atoms with Gasteiger partial charge >= 0.3 is 0 Å². The van der Waals surface area contributed by atoms with Crippen LogP contribution < -0.4 is 20.1 Å². The zero-order valence-corrected chi connectivity index (χ0v) is 18.2. The number of methoxy groups -OCH3 is 2. The number of nitrogens with zero attached hydrogens (tertiary/aromatic N) is 1. The number of guanidine groups is 1. The Hall–Kier alpha value is -1.96. The minimum atomic E-state index is -2.97. The van der Waals surface area contributed by atoms with Gasteiger partial charge in [0.25, 0.3) is 0 Å². The van der Waals surface area contributed by atoms with E-state index < -0.39 is 9.84 Å². The molecule has 0 aliphatic carbocycles. The molecule has 1 aromatic rings. The molecular formula is C19H33N3O4S. The lowest BCUT2D eigenvalue weighted by molar-refractivity contribution is 0.353. The fourth-order valence-corrected chi connectivity index (χ4v) is 3.34. The molecule has 1 atom stereocenters. The Morgan fingerprint density at radius 2 is 1.85 bits per heavy atom. The van der Waals surface area contributed by atoms with Crippen LogP contribution in [0.3, 0.4) is 0 Å². The number of rotatable bonds is 9. The van der Waals surface area contributed by atoms with E-state index in [4.69, 9.17) is 9.47 Å². The van der Waals surface area contributed by atoms with Gasteiger partial charge in [-0.15, -0.1) is 0 Å². The SMILES string of the molecule is CN=C(NCC(C)(C)c1ccc(OC)c(OC)c1)NC(C)CCS(C)(=O)=O. The second-order valence-electron chi connectivity index (χ2n) is 7.34. The molecular weight excluding hydrogens is 366 g/mol. The van der Waals surface area contributed by atoms with Crippen molar-refractivity contribution in [3.05, 3.63) is 23.8 Å². The zero-order chi connectivity index (χ0) is 20.7. The summed E-state index contributed by atoms with van der Waals surface area (Å²) < 4.78 is 33.3. The van der Waals surface area contributed by atoms with Crippen molar-refractivity contribution in [2.75, 3.05) is 39.8 Å². The topological polar surface area (TPSA) is 89.0 Å². The Kier molecular flexibility index (Phi) is 8.40. The van der Waals surface area contributed by atoms with Crippen LogP contribution in [0.5, 0.6) is 11.5 Å². The first-order valence-electron chi connectivity index (χ1n) is 8.90. The molecule has 0 radical (unpaired) electrons. The summed E-state index contributed by atoms with van der Waals surface area (Å²) in [6, 6.07) is 5.89. The average Bonchev–Trinajstić information content (AvgIpc) is 2.62. The van der Waals surface area contributed by atoms with Gasteiger partial charge in [-0.05, 0) is 31.0 Å². The van der Waals surface area contributed by atoms with Gasteiger partial charge in [0.15, 0.2) is 17.5 Å². The van der Waals surface area contributed by atoms with Crippen LogP contribution in [0, 0.1) is 0 Å². The van der Waals surface area contributed by atoms with Crippen molar-refractivity contribution in [3.8, 4) is 11.5 Å². The summed E-state index contributed by atoms with van der Waals surface area (Å²) in [6.45, 7) is 6.84. The lowest BCUT2D eigenvalue weighted by atomic mass is 9.84. The summed E-state index contributed by atoms with van der Waals surface area (Å²) in [5.41, 5.74) is 0.918. The Balaban J connectivity index is 2.73. The predicted octanol–water partition coefficient (Wildman–Crippen LogP) is 1.97. The molecule has 1 aromatic carbocycles. The number of hydrogen-bond donors (Lipinski definition) is 2. The van der Waals surface area contributed by atoms with Gasteiger partial charge in [-0.2, -0.15) is 0 Å². The highest BCUT2D eigenvalue weighted by Crippen LogP contribution is 2.32. The highest BCUT2D eigenvalue weighted by Gasteiger charge is 2.23. The van der Waals surface area contributed by atoms with Gasteiger partial charge in [0, 0.05) is 31.3 Å². The van der Waals surface area contributed by atoms with E-state index in [0.29, 0.717) is 30.4 Å². The molecule has 0 bridgehead atoms. The van der Waals surface area contributed by atoms with Crippen LogP contribution in [0.25, 0.3) is 0 Å². The number of hydrogen-bond acceptors (Lipinski definition) is 5. The van der Waals surface area contributed by atoms with Crippen LogP contribution in [0.15, 0.2) is 23.2 Å². The van der Waals surface area contributed by atoms with Gasteiger partial charge < -0.3 is 20.1 Å².